The Hall–Kier alpha value is -3.23. The number of H-pyrrole nitrogens is 1. The number of aromatic nitrogens is 2. The zero-order valence-electron chi connectivity index (χ0n) is 17.5. The standard InChI is InChI=1S/C22H26N4O4/c1-15-8-9-19(30-3)18(12-15)24-21(27)14-26(10-11-29-2)13-20-23-17-7-5-4-6-16(17)22(28)25-20/h4-9,12H,10-11,13-14H2,1-3H3,(H,24,27)(H,23,25,28)/p+1. The summed E-state index contributed by atoms with van der Waals surface area (Å²) in [5.74, 6) is 0.979. The number of methoxy groups -OCH3 is 2. The van der Waals surface area contributed by atoms with Crippen LogP contribution in [0.25, 0.3) is 10.9 Å². The molecular weight excluding hydrogens is 384 g/mol. The fraction of sp³-hybridized carbons (Fsp3) is 0.318. The number of carbonyl (C=O) groups is 1. The highest BCUT2D eigenvalue weighted by molar-refractivity contribution is 5.93. The number of benzene rings is 2. The molecule has 0 bridgehead atoms. The zero-order valence-corrected chi connectivity index (χ0v) is 17.5. The van der Waals surface area contributed by atoms with Gasteiger partial charge in [-0.1, -0.05) is 18.2 Å². The van der Waals surface area contributed by atoms with Crippen molar-refractivity contribution >= 4 is 22.5 Å². The number of carbonyl (C=O) groups excluding carboxylic acids is 1. The molecule has 8 nitrogen and oxygen atoms in total. The highest BCUT2D eigenvalue weighted by Gasteiger charge is 2.18. The smallest absolute Gasteiger partial charge is 0.279 e. The van der Waals surface area contributed by atoms with E-state index in [1.165, 1.54) is 0 Å². The molecule has 3 rings (SSSR count). The molecule has 2 aromatic carbocycles. The number of nitrogens with zero attached hydrogens (tertiary/aromatic N) is 1. The van der Waals surface area contributed by atoms with Gasteiger partial charge in [-0.3, -0.25) is 9.59 Å². The van der Waals surface area contributed by atoms with E-state index in [0.717, 1.165) is 10.5 Å². The van der Waals surface area contributed by atoms with Crippen molar-refractivity contribution < 1.29 is 19.2 Å². The maximum absolute atomic E-state index is 12.7. The molecule has 1 heterocycles. The Balaban J connectivity index is 1.75. The Bertz CT molecular complexity index is 1080. The third kappa shape index (κ3) is 5.43. The first-order valence-electron chi connectivity index (χ1n) is 9.75. The number of amides is 1. The average molecular weight is 411 g/mol. The van der Waals surface area contributed by atoms with E-state index >= 15 is 0 Å². The van der Waals surface area contributed by atoms with E-state index in [4.69, 9.17) is 9.47 Å². The number of hydrogen-bond donors (Lipinski definition) is 3. The predicted molar refractivity (Wildman–Crippen MR) is 115 cm³/mol. The Morgan fingerprint density at radius 2 is 2.00 bits per heavy atom. The van der Waals surface area contributed by atoms with Crippen molar-refractivity contribution in [1.82, 2.24) is 9.97 Å². The van der Waals surface area contributed by atoms with Gasteiger partial charge in [-0.15, -0.1) is 0 Å². The van der Waals surface area contributed by atoms with E-state index in [9.17, 15) is 9.59 Å². The minimum atomic E-state index is -0.185. The SMILES string of the molecule is COCC[NH+](CC(=O)Nc1cc(C)ccc1OC)Cc1nc2ccccc2c(=O)[nH]1. The molecule has 0 saturated carbocycles. The van der Waals surface area contributed by atoms with Crippen molar-refractivity contribution in [3.8, 4) is 5.75 Å². The van der Waals surface area contributed by atoms with Crippen LogP contribution in [-0.4, -0.2) is 49.8 Å². The van der Waals surface area contributed by atoms with Crippen molar-refractivity contribution in [2.75, 3.05) is 39.2 Å². The average Bonchev–Trinajstić information content (AvgIpc) is 2.72. The molecule has 0 aliphatic rings. The van der Waals surface area contributed by atoms with Crippen LogP contribution in [0.1, 0.15) is 11.4 Å². The molecule has 0 saturated heterocycles. The topological polar surface area (TPSA) is 97.8 Å². The lowest BCUT2D eigenvalue weighted by Gasteiger charge is -2.19. The lowest BCUT2D eigenvalue weighted by Crippen LogP contribution is -3.12. The molecule has 1 aromatic heterocycles. The van der Waals surface area contributed by atoms with Gasteiger partial charge in [-0.05, 0) is 36.8 Å². The van der Waals surface area contributed by atoms with Gasteiger partial charge >= 0.3 is 0 Å². The van der Waals surface area contributed by atoms with E-state index in [1.54, 1.807) is 32.4 Å². The Kier molecular flexibility index (Phi) is 7.16. The van der Waals surface area contributed by atoms with E-state index in [0.29, 0.717) is 47.9 Å². The summed E-state index contributed by atoms with van der Waals surface area (Å²) in [4.78, 5) is 33.3. The lowest BCUT2D eigenvalue weighted by atomic mass is 10.2. The molecule has 0 aliphatic carbocycles. The third-order valence-corrected chi connectivity index (χ3v) is 4.78. The van der Waals surface area contributed by atoms with Crippen LogP contribution in [0.15, 0.2) is 47.3 Å². The lowest BCUT2D eigenvalue weighted by molar-refractivity contribution is -0.906. The highest BCUT2D eigenvalue weighted by Crippen LogP contribution is 2.24. The normalized spacial score (nSPS) is 12.0. The number of fused-ring (bicyclic) bond motifs is 1. The second kappa shape index (κ2) is 10.00. The van der Waals surface area contributed by atoms with Gasteiger partial charge in [-0.25, -0.2) is 4.98 Å². The van der Waals surface area contributed by atoms with Crippen LogP contribution in [0.3, 0.4) is 0 Å². The first-order valence-corrected chi connectivity index (χ1v) is 9.75. The molecule has 0 spiro atoms. The summed E-state index contributed by atoms with van der Waals surface area (Å²) >= 11 is 0. The summed E-state index contributed by atoms with van der Waals surface area (Å²) in [6, 6.07) is 12.8. The third-order valence-electron chi connectivity index (χ3n) is 4.78. The Morgan fingerprint density at radius 3 is 2.77 bits per heavy atom. The Morgan fingerprint density at radius 1 is 1.20 bits per heavy atom. The predicted octanol–water partition coefficient (Wildman–Crippen LogP) is 0.910. The number of hydrogen-bond acceptors (Lipinski definition) is 5. The van der Waals surface area contributed by atoms with E-state index in [1.807, 2.05) is 31.2 Å². The van der Waals surface area contributed by atoms with Gasteiger partial charge in [0.2, 0.25) is 0 Å². The highest BCUT2D eigenvalue weighted by atomic mass is 16.5. The molecule has 0 radical (unpaired) electrons. The van der Waals surface area contributed by atoms with Crippen LogP contribution in [0.5, 0.6) is 5.75 Å². The van der Waals surface area contributed by atoms with Gasteiger partial charge in [0.25, 0.3) is 11.5 Å². The van der Waals surface area contributed by atoms with Crippen LogP contribution in [0.4, 0.5) is 5.69 Å². The number of para-hydroxylation sites is 1. The number of quaternary nitrogens is 1. The van der Waals surface area contributed by atoms with Gasteiger partial charge < -0.3 is 24.7 Å². The summed E-state index contributed by atoms with van der Waals surface area (Å²) < 4.78 is 10.5. The molecule has 1 unspecified atom stereocenters. The van der Waals surface area contributed by atoms with Crippen LogP contribution in [-0.2, 0) is 16.1 Å². The molecule has 1 atom stereocenters. The van der Waals surface area contributed by atoms with Crippen molar-refractivity contribution in [3.63, 3.8) is 0 Å². The summed E-state index contributed by atoms with van der Waals surface area (Å²) in [5, 5.41) is 3.46. The first kappa shape index (κ1) is 21.5. The van der Waals surface area contributed by atoms with Crippen LogP contribution < -0.4 is 20.5 Å². The van der Waals surface area contributed by atoms with E-state index in [2.05, 4.69) is 15.3 Å². The monoisotopic (exact) mass is 411 g/mol. The van der Waals surface area contributed by atoms with Crippen molar-refractivity contribution in [2.24, 2.45) is 0 Å². The van der Waals surface area contributed by atoms with E-state index < -0.39 is 0 Å². The number of anilines is 1. The molecule has 30 heavy (non-hydrogen) atoms. The van der Waals surface area contributed by atoms with Gasteiger partial charge in [0.1, 0.15) is 18.8 Å². The number of nitrogens with one attached hydrogen (secondary N) is 3. The molecule has 0 aliphatic heterocycles. The van der Waals surface area contributed by atoms with Gasteiger partial charge in [0, 0.05) is 7.11 Å². The summed E-state index contributed by atoms with van der Waals surface area (Å²) in [6.07, 6.45) is 0. The van der Waals surface area contributed by atoms with Crippen LogP contribution in [0, 0.1) is 6.92 Å². The zero-order chi connectivity index (χ0) is 21.5. The summed E-state index contributed by atoms with van der Waals surface area (Å²) in [7, 11) is 3.18. The molecular formula is C22H27N4O4+. The van der Waals surface area contributed by atoms with Crippen molar-refractivity contribution in [1.29, 1.82) is 0 Å². The first-order chi connectivity index (χ1) is 14.5. The second-order valence-electron chi connectivity index (χ2n) is 7.13. The maximum Gasteiger partial charge on any atom is 0.279 e. The fourth-order valence-corrected chi connectivity index (χ4v) is 3.28. The van der Waals surface area contributed by atoms with E-state index in [-0.39, 0.29) is 18.0 Å². The largest absolute Gasteiger partial charge is 0.495 e. The van der Waals surface area contributed by atoms with Gasteiger partial charge in [-0.2, -0.15) is 0 Å². The van der Waals surface area contributed by atoms with Gasteiger partial charge in [0.05, 0.1) is 30.3 Å². The van der Waals surface area contributed by atoms with Gasteiger partial charge in [0.15, 0.2) is 12.4 Å². The van der Waals surface area contributed by atoms with Crippen LogP contribution >= 0.6 is 0 Å². The number of ether oxygens (including phenoxy) is 2. The molecule has 8 heteroatoms. The number of rotatable bonds is 9. The second-order valence-corrected chi connectivity index (χ2v) is 7.13. The van der Waals surface area contributed by atoms with Crippen molar-refractivity contribution in [2.45, 2.75) is 13.5 Å². The molecule has 3 aromatic rings. The fourth-order valence-electron chi connectivity index (χ4n) is 3.28. The maximum atomic E-state index is 12.7. The molecule has 158 valence electrons. The minimum absolute atomic E-state index is 0.159. The minimum Gasteiger partial charge on any atom is -0.495 e. The summed E-state index contributed by atoms with van der Waals surface area (Å²) in [5.41, 5.74) is 2.10. The van der Waals surface area contributed by atoms with Crippen LogP contribution in [0.2, 0.25) is 0 Å². The quantitative estimate of drug-likeness (QED) is 0.486. The van der Waals surface area contributed by atoms with Crippen molar-refractivity contribution in [3.05, 3.63) is 64.2 Å². The number of aryl methyl sites for hydroxylation is 1. The summed E-state index contributed by atoms with van der Waals surface area (Å²) in [6.45, 7) is 3.60. The Labute approximate surface area is 174 Å². The molecule has 0 fully saturated rings. The molecule has 1 amide bonds. The molecule has 3 N–H and O–H groups in total. The number of aromatic amines is 1.